The van der Waals surface area contributed by atoms with Crippen molar-refractivity contribution in [1.29, 1.82) is 0 Å². The predicted octanol–water partition coefficient (Wildman–Crippen LogP) is 2.69. The van der Waals surface area contributed by atoms with E-state index < -0.39 is 11.9 Å². The molecule has 0 aromatic heterocycles. The zero-order valence-corrected chi connectivity index (χ0v) is 12.8. The van der Waals surface area contributed by atoms with E-state index in [-0.39, 0.29) is 11.7 Å². The average Bonchev–Trinajstić information content (AvgIpc) is 2.61. The summed E-state index contributed by atoms with van der Waals surface area (Å²) < 4.78 is 17.5. The summed E-state index contributed by atoms with van der Waals surface area (Å²) in [5, 5.41) is 5.39. The number of halogens is 1. The van der Waals surface area contributed by atoms with Crippen LogP contribution in [0.1, 0.15) is 21.5 Å². The van der Waals surface area contributed by atoms with E-state index in [0.717, 1.165) is 5.56 Å². The van der Waals surface area contributed by atoms with Gasteiger partial charge in [-0.05, 0) is 35.9 Å². The van der Waals surface area contributed by atoms with Crippen molar-refractivity contribution in [3.8, 4) is 0 Å². The van der Waals surface area contributed by atoms with Crippen LogP contribution in [0.15, 0.2) is 47.5 Å². The second-order valence-electron chi connectivity index (χ2n) is 5.11. The Morgan fingerprint density at radius 3 is 2.58 bits per heavy atom. The molecule has 24 heavy (non-hydrogen) atoms. The van der Waals surface area contributed by atoms with E-state index in [9.17, 15) is 14.0 Å². The van der Waals surface area contributed by atoms with Gasteiger partial charge in [0, 0.05) is 16.8 Å². The SMILES string of the molecule is COC(=O)NC1=NCc2ccc(C(=O)c3ccc(F)cc3)cc2N1. The predicted molar refractivity (Wildman–Crippen MR) is 86.6 cm³/mol. The molecular formula is C17H14FN3O3. The van der Waals surface area contributed by atoms with Gasteiger partial charge in [0.1, 0.15) is 5.82 Å². The molecule has 1 heterocycles. The van der Waals surface area contributed by atoms with Crippen molar-refractivity contribution in [2.24, 2.45) is 4.99 Å². The smallest absolute Gasteiger partial charge is 0.413 e. The molecule has 0 spiro atoms. The van der Waals surface area contributed by atoms with Crippen LogP contribution in [0.4, 0.5) is 14.9 Å². The highest BCUT2D eigenvalue weighted by atomic mass is 19.1. The Labute approximate surface area is 137 Å². The molecule has 2 N–H and O–H groups in total. The van der Waals surface area contributed by atoms with Crippen LogP contribution in [0.3, 0.4) is 0 Å². The molecule has 122 valence electrons. The van der Waals surface area contributed by atoms with Crippen LogP contribution in [-0.4, -0.2) is 24.9 Å². The molecule has 2 aromatic carbocycles. The van der Waals surface area contributed by atoms with Gasteiger partial charge in [-0.2, -0.15) is 0 Å². The summed E-state index contributed by atoms with van der Waals surface area (Å²) in [4.78, 5) is 27.9. The largest absolute Gasteiger partial charge is 0.453 e. The van der Waals surface area contributed by atoms with Gasteiger partial charge in [-0.3, -0.25) is 10.1 Å². The standard InChI is InChI=1S/C17H14FN3O3/c1-24-17(23)21-16-19-9-12-3-2-11(8-14(12)20-16)15(22)10-4-6-13(18)7-5-10/h2-8H,9H2,1H3,(H2,19,20,21,23). The fraction of sp³-hybridized carbons (Fsp3) is 0.118. The number of alkyl carbamates (subject to hydrolysis) is 1. The fourth-order valence-corrected chi connectivity index (χ4v) is 2.29. The first-order chi connectivity index (χ1) is 11.6. The zero-order chi connectivity index (χ0) is 17.1. The normalized spacial score (nSPS) is 12.5. The monoisotopic (exact) mass is 327 g/mol. The maximum atomic E-state index is 13.0. The molecule has 1 aliphatic rings. The number of guanidine groups is 1. The number of benzene rings is 2. The molecule has 0 radical (unpaired) electrons. The molecule has 0 saturated heterocycles. The highest BCUT2D eigenvalue weighted by Crippen LogP contribution is 2.23. The quantitative estimate of drug-likeness (QED) is 0.831. The van der Waals surface area contributed by atoms with Crippen LogP contribution in [0, 0.1) is 5.82 Å². The maximum Gasteiger partial charge on any atom is 0.413 e. The molecule has 0 aliphatic carbocycles. The Hall–Kier alpha value is -3.22. The number of rotatable bonds is 2. The number of anilines is 1. The number of fused-ring (bicyclic) bond motifs is 1. The number of carbonyl (C=O) groups excluding carboxylic acids is 2. The summed E-state index contributed by atoms with van der Waals surface area (Å²) in [5.41, 5.74) is 2.41. The molecule has 0 bridgehead atoms. The minimum atomic E-state index is -0.636. The van der Waals surface area contributed by atoms with Gasteiger partial charge in [0.2, 0.25) is 5.96 Å². The van der Waals surface area contributed by atoms with Gasteiger partial charge in [0.15, 0.2) is 5.78 Å². The Balaban J connectivity index is 1.82. The van der Waals surface area contributed by atoms with Crippen LogP contribution < -0.4 is 10.6 Å². The summed E-state index contributed by atoms with van der Waals surface area (Å²) in [5.74, 6) is -0.362. The first-order valence-electron chi connectivity index (χ1n) is 7.16. The van der Waals surface area contributed by atoms with Crippen molar-refractivity contribution in [3.63, 3.8) is 0 Å². The number of methoxy groups -OCH3 is 1. The number of aliphatic imine (C=N–C) groups is 1. The molecule has 3 rings (SSSR count). The van der Waals surface area contributed by atoms with Crippen LogP contribution in [0.25, 0.3) is 0 Å². The van der Waals surface area contributed by atoms with Crippen molar-refractivity contribution < 1.29 is 18.7 Å². The number of nitrogens with one attached hydrogen (secondary N) is 2. The Bertz CT molecular complexity index is 831. The summed E-state index contributed by atoms with van der Waals surface area (Å²) in [6, 6.07) is 10.5. The summed E-state index contributed by atoms with van der Waals surface area (Å²) >= 11 is 0. The number of amides is 1. The van der Waals surface area contributed by atoms with Crippen LogP contribution in [0.5, 0.6) is 0 Å². The highest BCUT2D eigenvalue weighted by Gasteiger charge is 2.17. The second-order valence-corrected chi connectivity index (χ2v) is 5.11. The lowest BCUT2D eigenvalue weighted by atomic mass is 10.0. The molecule has 1 amide bonds. The molecule has 2 aromatic rings. The molecule has 0 atom stereocenters. The van der Waals surface area contributed by atoms with E-state index in [4.69, 9.17) is 0 Å². The second kappa shape index (κ2) is 6.49. The first-order valence-corrected chi connectivity index (χ1v) is 7.16. The number of nitrogens with zero attached hydrogens (tertiary/aromatic N) is 1. The van der Waals surface area contributed by atoms with E-state index >= 15 is 0 Å². The third kappa shape index (κ3) is 3.24. The Kier molecular flexibility index (Phi) is 4.24. The van der Waals surface area contributed by atoms with Crippen molar-refractivity contribution in [2.75, 3.05) is 12.4 Å². The summed E-state index contributed by atoms with van der Waals surface area (Å²) in [6.45, 7) is 0.368. The van der Waals surface area contributed by atoms with Crippen LogP contribution >= 0.6 is 0 Å². The van der Waals surface area contributed by atoms with E-state index in [1.807, 2.05) is 0 Å². The highest BCUT2D eigenvalue weighted by molar-refractivity contribution is 6.10. The van der Waals surface area contributed by atoms with Gasteiger partial charge >= 0.3 is 6.09 Å². The molecule has 6 nitrogen and oxygen atoms in total. The van der Waals surface area contributed by atoms with Gasteiger partial charge in [0.05, 0.1) is 13.7 Å². The van der Waals surface area contributed by atoms with Crippen molar-refractivity contribution >= 4 is 23.5 Å². The van der Waals surface area contributed by atoms with Gasteiger partial charge < -0.3 is 10.1 Å². The Morgan fingerprint density at radius 2 is 1.88 bits per heavy atom. The molecule has 0 unspecified atom stereocenters. The van der Waals surface area contributed by atoms with Gasteiger partial charge in [0.25, 0.3) is 0 Å². The number of hydrogen-bond acceptors (Lipinski definition) is 5. The summed E-state index contributed by atoms with van der Waals surface area (Å²) in [6.07, 6.45) is -0.636. The molecule has 0 fully saturated rings. The third-order valence-electron chi connectivity index (χ3n) is 3.54. The number of carbonyl (C=O) groups is 2. The number of hydrogen-bond donors (Lipinski definition) is 2. The molecule has 1 aliphatic heterocycles. The van der Waals surface area contributed by atoms with E-state index in [1.54, 1.807) is 18.2 Å². The van der Waals surface area contributed by atoms with Crippen molar-refractivity contribution in [3.05, 3.63) is 65.0 Å². The van der Waals surface area contributed by atoms with Gasteiger partial charge in [-0.25, -0.2) is 14.2 Å². The zero-order valence-electron chi connectivity index (χ0n) is 12.8. The van der Waals surface area contributed by atoms with Crippen LogP contribution in [-0.2, 0) is 11.3 Å². The fourth-order valence-electron chi connectivity index (χ4n) is 2.29. The lowest BCUT2D eigenvalue weighted by Crippen LogP contribution is -2.37. The van der Waals surface area contributed by atoms with E-state index in [2.05, 4.69) is 20.4 Å². The van der Waals surface area contributed by atoms with E-state index in [0.29, 0.717) is 23.4 Å². The lowest BCUT2D eigenvalue weighted by molar-refractivity contribution is 0.103. The number of ether oxygens (including phenoxy) is 1. The van der Waals surface area contributed by atoms with Crippen LogP contribution in [0.2, 0.25) is 0 Å². The van der Waals surface area contributed by atoms with Gasteiger partial charge in [-0.15, -0.1) is 0 Å². The van der Waals surface area contributed by atoms with E-state index in [1.165, 1.54) is 31.4 Å². The molecular weight excluding hydrogens is 313 g/mol. The Morgan fingerprint density at radius 1 is 1.17 bits per heavy atom. The first kappa shape index (κ1) is 15.7. The number of ketones is 1. The molecule has 0 saturated carbocycles. The minimum absolute atomic E-state index is 0.218. The minimum Gasteiger partial charge on any atom is -0.453 e. The summed E-state index contributed by atoms with van der Waals surface area (Å²) in [7, 11) is 1.26. The maximum absolute atomic E-state index is 13.0. The van der Waals surface area contributed by atoms with Crippen molar-refractivity contribution in [1.82, 2.24) is 5.32 Å². The third-order valence-corrected chi connectivity index (χ3v) is 3.54. The van der Waals surface area contributed by atoms with Gasteiger partial charge in [-0.1, -0.05) is 12.1 Å². The van der Waals surface area contributed by atoms with Crippen molar-refractivity contribution in [2.45, 2.75) is 6.54 Å². The topological polar surface area (TPSA) is 79.8 Å². The lowest BCUT2D eigenvalue weighted by Gasteiger charge is -2.19. The molecule has 7 heteroatoms. The average molecular weight is 327 g/mol.